The molecule has 19 heavy (non-hydrogen) atoms. The van der Waals surface area contributed by atoms with Gasteiger partial charge in [-0.25, -0.2) is 0 Å². The van der Waals surface area contributed by atoms with Gasteiger partial charge in [0.05, 0.1) is 0 Å². The summed E-state index contributed by atoms with van der Waals surface area (Å²) >= 11 is 0. The zero-order valence-electron chi connectivity index (χ0n) is 12.6. The Bertz CT molecular complexity index is 301. The molecule has 4 aliphatic carbocycles. The Labute approximate surface area is 119 Å². The molecule has 4 fully saturated rings. The highest BCUT2D eigenvalue weighted by Crippen LogP contribution is 2.59. The quantitative estimate of drug-likeness (QED) is 0.561. The normalized spacial score (nSPS) is 47.7. The molecule has 107 valence electrons. The van der Waals surface area contributed by atoms with E-state index in [0.29, 0.717) is 0 Å². The maximum atomic E-state index is 2.03. The first-order valence-electron chi connectivity index (χ1n) is 9.28. The van der Waals surface area contributed by atoms with E-state index in [9.17, 15) is 0 Å². The van der Waals surface area contributed by atoms with Gasteiger partial charge >= 0.3 is 0 Å². The van der Waals surface area contributed by atoms with Gasteiger partial charge in [0.25, 0.3) is 0 Å². The second-order valence-electron chi connectivity index (χ2n) is 8.04. The summed E-state index contributed by atoms with van der Waals surface area (Å²) in [5.74, 6) is 7.69. The zero-order chi connectivity index (χ0) is 12.7. The van der Waals surface area contributed by atoms with Crippen LogP contribution >= 0.6 is 0 Å². The average Bonchev–Trinajstić information content (AvgIpc) is 2.86. The highest BCUT2D eigenvalue weighted by Gasteiger charge is 2.49. The Morgan fingerprint density at radius 1 is 0.632 bits per heavy atom. The molecule has 4 rings (SSSR count). The summed E-state index contributed by atoms with van der Waals surface area (Å²) < 4.78 is 0. The topological polar surface area (TPSA) is 0 Å². The van der Waals surface area contributed by atoms with Crippen LogP contribution in [-0.4, -0.2) is 0 Å². The van der Waals surface area contributed by atoms with Gasteiger partial charge in [0.2, 0.25) is 0 Å². The molecule has 0 saturated heterocycles. The molecule has 0 nitrogen and oxygen atoms in total. The van der Waals surface area contributed by atoms with Crippen molar-refractivity contribution >= 4 is 0 Å². The summed E-state index contributed by atoms with van der Waals surface area (Å²) in [6.07, 6.45) is 20.1. The largest absolute Gasteiger partial charge is 0.0533 e. The van der Waals surface area contributed by atoms with Gasteiger partial charge in [-0.3, -0.25) is 0 Å². The zero-order valence-corrected chi connectivity index (χ0v) is 12.6. The van der Waals surface area contributed by atoms with E-state index < -0.39 is 0 Å². The van der Waals surface area contributed by atoms with E-state index in [4.69, 9.17) is 0 Å². The van der Waals surface area contributed by atoms with Gasteiger partial charge in [-0.05, 0) is 67.6 Å². The molecule has 4 aliphatic rings. The number of fused-ring (bicyclic) bond motifs is 3. The lowest BCUT2D eigenvalue weighted by Gasteiger charge is -2.43. The molecule has 0 N–H and O–H groups in total. The average molecular weight is 259 g/mol. The van der Waals surface area contributed by atoms with E-state index in [1.807, 2.05) is 5.92 Å². The van der Waals surface area contributed by atoms with E-state index >= 15 is 0 Å². The summed E-state index contributed by atoms with van der Waals surface area (Å²) in [6, 6.07) is 0. The molecule has 0 heterocycles. The van der Waals surface area contributed by atoms with Crippen molar-refractivity contribution in [1.29, 1.82) is 0 Å². The molecule has 0 aromatic rings. The Morgan fingerprint density at radius 3 is 2.32 bits per heavy atom. The van der Waals surface area contributed by atoms with E-state index in [-0.39, 0.29) is 0 Å². The van der Waals surface area contributed by atoms with Gasteiger partial charge in [-0.1, -0.05) is 51.4 Å². The van der Waals surface area contributed by atoms with Gasteiger partial charge in [0.15, 0.2) is 0 Å². The Balaban J connectivity index is 1.53. The fraction of sp³-hybridized carbons (Fsp3) is 0.947. The highest BCUT2D eigenvalue weighted by atomic mass is 14.5. The van der Waals surface area contributed by atoms with E-state index in [2.05, 4.69) is 0 Å². The van der Waals surface area contributed by atoms with Crippen LogP contribution in [0.5, 0.6) is 0 Å². The van der Waals surface area contributed by atoms with Crippen LogP contribution in [0.2, 0.25) is 0 Å². The maximum Gasteiger partial charge on any atom is -0.0207 e. The van der Waals surface area contributed by atoms with Gasteiger partial charge in [0.1, 0.15) is 0 Å². The van der Waals surface area contributed by atoms with Crippen molar-refractivity contribution < 1.29 is 0 Å². The molecule has 0 heteroatoms. The van der Waals surface area contributed by atoms with Crippen molar-refractivity contribution in [2.75, 3.05) is 0 Å². The molecular formula is C19H31. The number of hydrogen-bond acceptors (Lipinski definition) is 0. The van der Waals surface area contributed by atoms with Gasteiger partial charge in [-0.2, -0.15) is 0 Å². The van der Waals surface area contributed by atoms with Crippen molar-refractivity contribution in [3.05, 3.63) is 5.92 Å². The lowest BCUT2D eigenvalue weighted by atomic mass is 9.61. The molecule has 0 amide bonds. The van der Waals surface area contributed by atoms with Gasteiger partial charge < -0.3 is 0 Å². The highest BCUT2D eigenvalue weighted by molar-refractivity contribution is 5.08. The standard InChI is InChI=1S/C19H31/c1-2-7-14(8-3-1)17-12-6-10-16-13-15-9-4-5-11-18(15)19(16)17/h15-19H,1-13H2. The second kappa shape index (κ2) is 5.41. The fourth-order valence-electron chi connectivity index (χ4n) is 6.51. The summed E-state index contributed by atoms with van der Waals surface area (Å²) in [4.78, 5) is 0. The van der Waals surface area contributed by atoms with Crippen LogP contribution in [-0.2, 0) is 0 Å². The summed E-state index contributed by atoms with van der Waals surface area (Å²) in [5, 5.41) is 0. The van der Waals surface area contributed by atoms with Crippen molar-refractivity contribution in [2.45, 2.75) is 83.5 Å². The minimum Gasteiger partial charge on any atom is -0.0533 e. The van der Waals surface area contributed by atoms with Crippen molar-refractivity contribution in [3.8, 4) is 0 Å². The third-order valence-corrected chi connectivity index (χ3v) is 7.19. The maximum absolute atomic E-state index is 2.03. The molecule has 0 aromatic heterocycles. The Hall–Kier alpha value is 0. The monoisotopic (exact) mass is 259 g/mol. The first-order valence-corrected chi connectivity index (χ1v) is 9.28. The van der Waals surface area contributed by atoms with Crippen LogP contribution in [0.3, 0.4) is 0 Å². The molecule has 0 aliphatic heterocycles. The molecule has 0 bridgehead atoms. The number of rotatable bonds is 1. The molecular weight excluding hydrogens is 228 g/mol. The third-order valence-electron chi connectivity index (χ3n) is 7.19. The fourth-order valence-corrected chi connectivity index (χ4v) is 6.51. The minimum atomic E-state index is 1.08. The molecule has 4 saturated carbocycles. The van der Waals surface area contributed by atoms with Gasteiger partial charge in [0, 0.05) is 0 Å². The van der Waals surface area contributed by atoms with Crippen molar-refractivity contribution in [3.63, 3.8) is 0 Å². The molecule has 5 unspecified atom stereocenters. The predicted molar refractivity (Wildman–Crippen MR) is 80.7 cm³/mol. The molecule has 0 spiro atoms. The van der Waals surface area contributed by atoms with E-state index in [1.165, 1.54) is 32.1 Å². The van der Waals surface area contributed by atoms with Gasteiger partial charge in [-0.15, -0.1) is 0 Å². The van der Waals surface area contributed by atoms with E-state index in [1.54, 1.807) is 51.4 Å². The summed E-state index contributed by atoms with van der Waals surface area (Å²) in [7, 11) is 0. The third kappa shape index (κ3) is 2.28. The molecule has 0 aromatic carbocycles. The summed E-state index contributed by atoms with van der Waals surface area (Å²) in [6.45, 7) is 0. The van der Waals surface area contributed by atoms with Crippen LogP contribution < -0.4 is 0 Å². The van der Waals surface area contributed by atoms with E-state index in [0.717, 1.165) is 29.6 Å². The smallest absolute Gasteiger partial charge is 0.0207 e. The Kier molecular flexibility index (Phi) is 3.62. The predicted octanol–water partition coefficient (Wildman–Crippen LogP) is 5.77. The lowest BCUT2D eigenvalue weighted by molar-refractivity contribution is 0.114. The lowest BCUT2D eigenvalue weighted by Crippen LogP contribution is -2.35. The van der Waals surface area contributed by atoms with Crippen LogP contribution in [0.25, 0.3) is 0 Å². The van der Waals surface area contributed by atoms with Crippen LogP contribution in [0.1, 0.15) is 83.5 Å². The van der Waals surface area contributed by atoms with Crippen molar-refractivity contribution in [2.24, 2.45) is 29.6 Å². The SMILES string of the molecule is C1CC[C](C2CCCC3CC4CCCCC4C32)CC1. The molecule has 5 atom stereocenters. The number of hydrogen-bond donors (Lipinski definition) is 0. The van der Waals surface area contributed by atoms with Crippen molar-refractivity contribution in [1.82, 2.24) is 0 Å². The first-order chi connectivity index (χ1) is 9.43. The summed E-state index contributed by atoms with van der Waals surface area (Å²) in [5.41, 5.74) is 0. The van der Waals surface area contributed by atoms with Crippen LogP contribution in [0.15, 0.2) is 0 Å². The minimum absolute atomic E-state index is 1.08. The molecule has 1 radical (unpaired) electrons. The second-order valence-corrected chi connectivity index (χ2v) is 8.04. The first kappa shape index (κ1) is 12.7. The Morgan fingerprint density at radius 2 is 1.42 bits per heavy atom. The van der Waals surface area contributed by atoms with Crippen LogP contribution in [0.4, 0.5) is 0 Å². The van der Waals surface area contributed by atoms with Crippen LogP contribution in [0, 0.1) is 35.5 Å².